The number of benzene rings is 2. The number of thioether (sulfide) groups is 1. The van der Waals surface area contributed by atoms with Crippen LogP contribution >= 0.6 is 23.4 Å². The maximum atomic E-state index is 12.7. The first kappa shape index (κ1) is 23.5. The van der Waals surface area contributed by atoms with Crippen molar-refractivity contribution in [1.82, 2.24) is 19.9 Å². The first-order valence-electron chi connectivity index (χ1n) is 9.95. The highest BCUT2D eigenvalue weighted by atomic mass is 35.5. The van der Waals surface area contributed by atoms with E-state index in [2.05, 4.69) is 20.6 Å². The average molecular weight is 501 g/mol. The molecule has 2 aromatic carbocycles. The number of hydrogen-bond acceptors (Lipinski definition) is 9. The molecule has 4 aromatic rings. The topological polar surface area (TPSA) is 130 Å². The summed E-state index contributed by atoms with van der Waals surface area (Å²) in [5.74, 6) is 1.55. The highest BCUT2D eigenvalue weighted by Crippen LogP contribution is 2.35. The lowest BCUT2D eigenvalue weighted by Crippen LogP contribution is -2.21. The van der Waals surface area contributed by atoms with Crippen LogP contribution in [0.4, 0.5) is 11.5 Å². The summed E-state index contributed by atoms with van der Waals surface area (Å²) in [5, 5.41) is 12.4. The molecular weight excluding hydrogens is 480 g/mol. The zero-order valence-corrected chi connectivity index (χ0v) is 20.1. The molecule has 0 radical (unpaired) electrons. The number of halogens is 1. The van der Waals surface area contributed by atoms with Gasteiger partial charge in [-0.1, -0.05) is 16.8 Å². The van der Waals surface area contributed by atoms with E-state index in [1.807, 2.05) is 6.26 Å². The molecule has 10 nitrogen and oxygen atoms in total. The lowest BCUT2D eigenvalue weighted by Gasteiger charge is -2.12. The maximum absolute atomic E-state index is 12.7. The number of nitrogen functional groups attached to an aromatic ring is 1. The van der Waals surface area contributed by atoms with E-state index in [4.69, 9.17) is 31.3 Å². The van der Waals surface area contributed by atoms with Gasteiger partial charge >= 0.3 is 0 Å². The fourth-order valence-electron chi connectivity index (χ4n) is 3.19. The van der Waals surface area contributed by atoms with Gasteiger partial charge in [-0.3, -0.25) is 4.79 Å². The van der Waals surface area contributed by atoms with Gasteiger partial charge in [-0.25, -0.2) is 4.68 Å². The monoisotopic (exact) mass is 500 g/mol. The van der Waals surface area contributed by atoms with Crippen LogP contribution in [0.1, 0.15) is 0 Å². The highest BCUT2D eigenvalue weighted by molar-refractivity contribution is 7.98. The van der Waals surface area contributed by atoms with E-state index in [9.17, 15) is 4.79 Å². The molecule has 0 saturated carbocycles. The molecule has 4 rings (SSSR count). The Bertz CT molecular complexity index is 1320. The van der Waals surface area contributed by atoms with E-state index >= 15 is 0 Å². The SMILES string of the molecule is COc1ccc(NC(=O)Cn2nc(SC)c(-c3nc(-c4ccc(Cl)cc4)no3)c2N)c(OC)c1. The number of nitrogens with zero attached hydrogens (tertiary/aromatic N) is 4. The van der Waals surface area contributed by atoms with Crippen molar-refractivity contribution in [2.75, 3.05) is 31.5 Å². The first-order valence-corrected chi connectivity index (χ1v) is 11.6. The molecule has 34 heavy (non-hydrogen) atoms. The van der Waals surface area contributed by atoms with Crippen LogP contribution in [0.3, 0.4) is 0 Å². The summed E-state index contributed by atoms with van der Waals surface area (Å²) >= 11 is 7.30. The Hall–Kier alpha value is -3.70. The summed E-state index contributed by atoms with van der Waals surface area (Å²) in [5.41, 5.74) is 8.04. The molecule has 0 aliphatic heterocycles. The molecule has 3 N–H and O–H groups in total. The highest BCUT2D eigenvalue weighted by Gasteiger charge is 2.24. The fraction of sp³-hybridized carbons (Fsp3) is 0.182. The Labute approximate surface area is 204 Å². The molecule has 2 heterocycles. The van der Waals surface area contributed by atoms with Gasteiger partial charge in [0.25, 0.3) is 5.89 Å². The minimum atomic E-state index is -0.343. The Morgan fingerprint density at radius 3 is 2.65 bits per heavy atom. The van der Waals surface area contributed by atoms with Crippen LogP contribution in [-0.4, -0.2) is 46.3 Å². The molecule has 12 heteroatoms. The average Bonchev–Trinajstić information content (AvgIpc) is 3.44. The molecular formula is C22H21ClN6O4S. The zero-order valence-electron chi connectivity index (χ0n) is 18.5. The second kappa shape index (κ2) is 10.1. The molecule has 0 aliphatic rings. The maximum Gasteiger partial charge on any atom is 0.264 e. The van der Waals surface area contributed by atoms with E-state index in [0.717, 1.165) is 5.56 Å². The number of carbonyl (C=O) groups is 1. The Morgan fingerprint density at radius 2 is 1.97 bits per heavy atom. The Balaban J connectivity index is 1.57. The van der Waals surface area contributed by atoms with Gasteiger partial charge in [0, 0.05) is 16.7 Å². The standard InChI is InChI=1S/C22H21ClN6O4S/c1-31-14-8-9-15(16(10-14)32-2)25-17(30)11-29-19(24)18(22(27-29)34-3)21-26-20(28-33-21)12-4-6-13(23)7-5-12/h4-10H,11,24H2,1-3H3,(H,25,30). The number of hydrogen-bond donors (Lipinski definition) is 2. The van der Waals surface area contributed by atoms with Crippen molar-refractivity contribution in [3.63, 3.8) is 0 Å². The van der Waals surface area contributed by atoms with E-state index in [1.165, 1.54) is 23.6 Å². The molecule has 0 bridgehead atoms. The summed E-state index contributed by atoms with van der Waals surface area (Å²) < 4.78 is 17.4. The molecule has 0 fully saturated rings. The number of aromatic nitrogens is 4. The first-order chi connectivity index (χ1) is 16.4. The van der Waals surface area contributed by atoms with Crippen LogP contribution in [0.2, 0.25) is 5.02 Å². The van der Waals surface area contributed by atoms with Crippen molar-refractivity contribution in [2.45, 2.75) is 11.6 Å². The fourth-order valence-corrected chi connectivity index (χ4v) is 3.89. The van der Waals surface area contributed by atoms with Crippen molar-refractivity contribution >= 4 is 40.8 Å². The molecule has 176 valence electrons. The quantitative estimate of drug-likeness (QED) is 0.341. The molecule has 0 saturated heterocycles. The van der Waals surface area contributed by atoms with E-state index in [1.54, 1.807) is 49.6 Å². The molecule has 1 amide bonds. The van der Waals surface area contributed by atoms with Crippen LogP contribution in [0.15, 0.2) is 52.0 Å². The minimum Gasteiger partial charge on any atom is -0.497 e. The third-order valence-electron chi connectivity index (χ3n) is 4.87. The largest absolute Gasteiger partial charge is 0.497 e. The predicted octanol–water partition coefficient (Wildman–Crippen LogP) is 4.21. The van der Waals surface area contributed by atoms with Crippen LogP contribution < -0.4 is 20.5 Å². The van der Waals surface area contributed by atoms with Crippen LogP contribution in [-0.2, 0) is 11.3 Å². The molecule has 0 spiro atoms. The molecule has 0 atom stereocenters. The number of methoxy groups -OCH3 is 2. The number of nitrogens with two attached hydrogens (primary N) is 1. The summed E-state index contributed by atoms with van der Waals surface area (Å²) in [6, 6.07) is 12.1. The van der Waals surface area contributed by atoms with Gasteiger partial charge in [0.1, 0.15) is 34.5 Å². The van der Waals surface area contributed by atoms with Gasteiger partial charge in [0.15, 0.2) is 0 Å². The van der Waals surface area contributed by atoms with E-state index in [-0.39, 0.29) is 24.2 Å². The van der Waals surface area contributed by atoms with Gasteiger partial charge in [-0.2, -0.15) is 10.1 Å². The van der Waals surface area contributed by atoms with E-state index < -0.39 is 0 Å². The van der Waals surface area contributed by atoms with Gasteiger partial charge in [-0.05, 0) is 42.7 Å². The smallest absolute Gasteiger partial charge is 0.264 e. The summed E-state index contributed by atoms with van der Waals surface area (Å²) in [4.78, 5) is 17.2. The van der Waals surface area contributed by atoms with Crippen molar-refractivity contribution in [1.29, 1.82) is 0 Å². The van der Waals surface area contributed by atoms with Gasteiger partial charge in [0.05, 0.1) is 19.9 Å². The van der Waals surface area contributed by atoms with Gasteiger partial charge in [0.2, 0.25) is 11.7 Å². The van der Waals surface area contributed by atoms with Crippen LogP contribution in [0.5, 0.6) is 11.5 Å². The second-order valence-electron chi connectivity index (χ2n) is 6.97. The van der Waals surface area contributed by atoms with Crippen molar-refractivity contribution in [3.8, 4) is 34.3 Å². The number of rotatable bonds is 8. The van der Waals surface area contributed by atoms with Crippen LogP contribution in [0, 0.1) is 0 Å². The lowest BCUT2D eigenvalue weighted by atomic mass is 10.2. The lowest BCUT2D eigenvalue weighted by molar-refractivity contribution is -0.116. The summed E-state index contributed by atoms with van der Waals surface area (Å²) in [6.07, 6.45) is 1.84. The summed E-state index contributed by atoms with van der Waals surface area (Å²) in [7, 11) is 3.06. The minimum absolute atomic E-state index is 0.132. The molecule has 0 aliphatic carbocycles. The predicted molar refractivity (Wildman–Crippen MR) is 130 cm³/mol. The Kier molecular flexibility index (Phi) is 6.94. The molecule has 2 aromatic heterocycles. The van der Waals surface area contributed by atoms with Gasteiger partial charge in [-0.15, -0.1) is 11.8 Å². The number of carbonyl (C=O) groups excluding carboxylic acids is 1. The third kappa shape index (κ3) is 4.80. The van der Waals surface area contributed by atoms with Crippen molar-refractivity contribution in [2.24, 2.45) is 0 Å². The van der Waals surface area contributed by atoms with E-state index in [0.29, 0.717) is 38.6 Å². The number of ether oxygens (including phenoxy) is 2. The Morgan fingerprint density at radius 1 is 1.21 bits per heavy atom. The summed E-state index contributed by atoms with van der Waals surface area (Å²) in [6.45, 7) is -0.132. The van der Waals surface area contributed by atoms with Crippen LogP contribution in [0.25, 0.3) is 22.8 Å². The second-order valence-corrected chi connectivity index (χ2v) is 8.20. The zero-order chi connectivity index (χ0) is 24.2. The third-order valence-corrected chi connectivity index (χ3v) is 5.80. The van der Waals surface area contributed by atoms with Gasteiger partial charge < -0.3 is 25.0 Å². The van der Waals surface area contributed by atoms with Crippen molar-refractivity contribution in [3.05, 3.63) is 47.5 Å². The number of nitrogens with one attached hydrogen (secondary N) is 1. The molecule has 0 unspecified atom stereocenters. The number of anilines is 2. The van der Waals surface area contributed by atoms with Crippen molar-refractivity contribution < 1.29 is 18.8 Å². The normalized spacial score (nSPS) is 10.8. The number of amides is 1.